The summed E-state index contributed by atoms with van der Waals surface area (Å²) in [4.78, 5) is 0. The standard InChI is InChI=1S/C12H16N4O/c1-9(13)6-10-8-16(15-14-10)11-4-3-5-12(7-11)17-2/h3-5,7-9H,6,13H2,1-2H3. The van der Waals surface area contributed by atoms with E-state index >= 15 is 0 Å². The molecule has 2 rings (SSSR count). The zero-order valence-electron chi connectivity index (χ0n) is 10.00. The molecule has 17 heavy (non-hydrogen) atoms. The van der Waals surface area contributed by atoms with Gasteiger partial charge in [0.05, 0.1) is 24.7 Å². The third-order valence-electron chi connectivity index (χ3n) is 2.39. The lowest BCUT2D eigenvalue weighted by Gasteiger charge is -2.03. The molecule has 0 amide bonds. The number of ether oxygens (including phenoxy) is 1. The van der Waals surface area contributed by atoms with Crippen LogP contribution in [0.25, 0.3) is 5.69 Å². The molecule has 0 radical (unpaired) electrons. The fraction of sp³-hybridized carbons (Fsp3) is 0.333. The highest BCUT2D eigenvalue weighted by Gasteiger charge is 2.05. The smallest absolute Gasteiger partial charge is 0.121 e. The van der Waals surface area contributed by atoms with Crippen LogP contribution in [0.4, 0.5) is 0 Å². The lowest BCUT2D eigenvalue weighted by molar-refractivity contribution is 0.414. The molecule has 0 aliphatic rings. The maximum Gasteiger partial charge on any atom is 0.121 e. The summed E-state index contributed by atoms with van der Waals surface area (Å²) in [6, 6.07) is 7.76. The molecule has 2 N–H and O–H groups in total. The van der Waals surface area contributed by atoms with E-state index in [2.05, 4.69) is 10.3 Å². The molecule has 5 heteroatoms. The molecule has 1 atom stereocenters. The van der Waals surface area contributed by atoms with Crippen LogP contribution in [0, 0.1) is 0 Å². The van der Waals surface area contributed by atoms with Gasteiger partial charge >= 0.3 is 0 Å². The zero-order chi connectivity index (χ0) is 12.3. The monoisotopic (exact) mass is 232 g/mol. The van der Waals surface area contributed by atoms with Crippen LogP contribution in [0.2, 0.25) is 0 Å². The number of nitrogens with two attached hydrogens (primary N) is 1. The van der Waals surface area contributed by atoms with Crippen molar-refractivity contribution in [3.8, 4) is 11.4 Å². The van der Waals surface area contributed by atoms with Crippen LogP contribution in [-0.4, -0.2) is 28.1 Å². The summed E-state index contributed by atoms with van der Waals surface area (Å²) in [6.45, 7) is 1.95. The molecule has 0 spiro atoms. The first kappa shape index (κ1) is 11.6. The van der Waals surface area contributed by atoms with Crippen molar-refractivity contribution >= 4 is 0 Å². The Bertz CT molecular complexity index is 493. The fourth-order valence-electron chi connectivity index (χ4n) is 1.60. The summed E-state index contributed by atoms with van der Waals surface area (Å²) < 4.78 is 6.89. The molecule has 90 valence electrons. The topological polar surface area (TPSA) is 66.0 Å². The van der Waals surface area contributed by atoms with E-state index in [9.17, 15) is 0 Å². The second-order valence-electron chi connectivity index (χ2n) is 4.04. The minimum Gasteiger partial charge on any atom is -0.497 e. The summed E-state index contributed by atoms with van der Waals surface area (Å²) in [6.07, 6.45) is 2.61. The van der Waals surface area contributed by atoms with Crippen molar-refractivity contribution in [2.45, 2.75) is 19.4 Å². The number of aromatic nitrogens is 3. The third kappa shape index (κ3) is 2.82. The normalized spacial score (nSPS) is 12.4. The molecule has 0 aliphatic heterocycles. The Hall–Kier alpha value is -1.88. The van der Waals surface area contributed by atoms with Gasteiger partial charge in [0.1, 0.15) is 5.75 Å². The first-order valence-electron chi connectivity index (χ1n) is 5.50. The Morgan fingerprint density at radius 3 is 3.00 bits per heavy atom. The Morgan fingerprint density at radius 2 is 2.29 bits per heavy atom. The molecule has 0 saturated carbocycles. The molecule has 1 aromatic carbocycles. The van der Waals surface area contributed by atoms with E-state index in [1.54, 1.807) is 11.8 Å². The van der Waals surface area contributed by atoms with Gasteiger partial charge in [-0.2, -0.15) is 0 Å². The van der Waals surface area contributed by atoms with E-state index in [1.807, 2.05) is 37.4 Å². The second-order valence-corrected chi connectivity index (χ2v) is 4.04. The molecule has 0 fully saturated rings. The largest absolute Gasteiger partial charge is 0.497 e. The van der Waals surface area contributed by atoms with E-state index in [1.165, 1.54) is 0 Å². The molecular formula is C12H16N4O. The number of methoxy groups -OCH3 is 1. The molecule has 5 nitrogen and oxygen atoms in total. The zero-order valence-corrected chi connectivity index (χ0v) is 10.00. The van der Waals surface area contributed by atoms with Crippen LogP contribution in [0.1, 0.15) is 12.6 Å². The maximum absolute atomic E-state index is 5.72. The van der Waals surface area contributed by atoms with Crippen molar-refractivity contribution in [3.05, 3.63) is 36.2 Å². The van der Waals surface area contributed by atoms with Gasteiger partial charge in [-0.1, -0.05) is 11.3 Å². The Morgan fingerprint density at radius 1 is 1.47 bits per heavy atom. The van der Waals surface area contributed by atoms with Crippen LogP contribution in [0.3, 0.4) is 0 Å². The van der Waals surface area contributed by atoms with Crippen molar-refractivity contribution in [3.63, 3.8) is 0 Å². The van der Waals surface area contributed by atoms with Crippen LogP contribution in [0.15, 0.2) is 30.5 Å². The molecule has 2 aromatic rings. The maximum atomic E-state index is 5.72. The first-order valence-corrected chi connectivity index (χ1v) is 5.50. The lowest BCUT2D eigenvalue weighted by Crippen LogP contribution is -2.17. The minimum absolute atomic E-state index is 0.0884. The number of hydrogen-bond acceptors (Lipinski definition) is 4. The Balaban J connectivity index is 2.24. The predicted octanol–water partition coefficient (Wildman–Crippen LogP) is 1.17. The van der Waals surface area contributed by atoms with Gasteiger partial charge in [-0.3, -0.25) is 0 Å². The van der Waals surface area contributed by atoms with Gasteiger partial charge in [0.2, 0.25) is 0 Å². The molecule has 0 aliphatic carbocycles. The number of hydrogen-bond donors (Lipinski definition) is 1. The second kappa shape index (κ2) is 4.97. The van der Waals surface area contributed by atoms with E-state index in [-0.39, 0.29) is 6.04 Å². The molecule has 1 unspecified atom stereocenters. The SMILES string of the molecule is COc1cccc(-n2cc(CC(C)N)nn2)c1. The van der Waals surface area contributed by atoms with Gasteiger partial charge in [0.25, 0.3) is 0 Å². The highest BCUT2D eigenvalue weighted by molar-refractivity contribution is 5.38. The number of rotatable bonds is 4. The van der Waals surface area contributed by atoms with Gasteiger partial charge in [-0.05, 0) is 19.1 Å². The molecule has 0 bridgehead atoms. The molecule has 1 heterocycles. The van der Waals surface area contributed by atoms with Crippen molar-refractivity contribution in [2.24, 2.45) is 5.73 Å². The highest BCUT2D eigenvalue weighted by atomic mass is 16.5. The summed E-state index contributed by atoms with van der Waals surface area (Å²) in [5, 5.41) is 8.15. The van der Waals surface area contributed by atoms with Crippen LogP contribution >= 0.6 is 0 Å². The van der Waals surface area contributed by atoms with Crippen molar-refractivity contribution in [1.82, 2.24) is 15.0 Å². The average molecular weight is 232 g/mol. The molecule has 0 saturated heterocycles. The average Bonchev–Trinajstić information content (AvgIpc) is 2.77. The third-order valence-corrected chi connectivity index (χ3v) is 2.39. The minimum atomic E-state index is 0.0884. The van der Waals surface area contributed by atoms with Crippen molar-refractivity contribution < 1.29 is 4.74 Å². The predicted molar refractivity (Wildman–Crippen MR) is 65.3 cm³/mol. The van der Waals surface area contributed by atoms with Crippen molar-refractivity contribution in [2.75, 3.05) is 7.11 Å². The van der Waals surface area contributed by atoms with Gasteiger partial charge in [-0.15, -0.1) is 5.10 Å². The van der Waals surface area contributed by atoms with E-state index in [0.29, 0.717) is 0 Å². The Kier molecular flexibility index (Phi) is 3.39. The quantitative estimate of drug-likeness (QED) is 0.859. The van der Waals surface area contributed by atoms with Crippen LogP contribution in [0.5, 0.6) is 5.75 Å². The lowest BCUT2D eigenvalue weighted by atomic mass is 10.2. The summed E-state index contributed by atoms with van der Waals surface area (Å²) in [5.74, 6) is 0.798. The van der Waals surface area contributed by atoms with E-state index < -0.39 is 0 Å². The van der Waals surface area contributed by atoms with Gasteiger partial charge < -0.3 is 10.5 Å². The molecular weight excluding hydrogens is 216 g/mol. The summed E-state index contributed by atoms with van der Waals surface area (Å²) in [5.41, 5.74) is 7.54. The fourth-order valence-corrected chi connectivity index (χ4v) is 1.60. The number of nitrogens with zero attached hydrogens (tertiary/aromatic N) is 3. The van der Waals surface area contributed by atoms with E-state index in [0.717, 1.165) is 23.6 Å². The summed E-state index contributed by atoms with van der Waals surface area (Å²) >= 11 is 0. The number of benzene rings is 1. The first-order chi connectivity index (χ1) is 8.19. The van der Waals surface area contributed by atoms with Gasteiger partial charge in [-0.25, -0.2) is 4.68 Å². The highest BCUT2D eigenvalue weighted by Crippen LogP contribution is 2.15. The molecule has 1 aromatic heterocycles. The summed E-state index contributed by atoms with van der Waals surface area (Å²) in [7, 11) is 1.64. The van der Waals surface area contributed by atoms with Gasteiger partial charge in [0.15, 0.2) is 0 Å². The van der Waals surface area contributed by atoms with Crippen molar-refractivity contribution in [1.29, 1.82) is 0 Å². The van der Waals surface area contributed by atoms with Crippen LogP contribution in [-0.2, 0) is 6.42 Å². The van der Waals surface area contributed by atoms with Gasteiger partial charge in [0, 0.05) is 18.5 Å². The van der Waals surface area contributed by atoms with E-state index in [4.69, 9.17) is 10.5 Å². The Labute approximate surface area is 100 Å². The van der Waals surface area contributed by atoms with Crippen LogP contribution < -0.4 is 10.5 Å².